The number of hydrogen-bond acceptors (Lipinski definition) is 5. The molecule has 0 spiro atoms. The first-order valence-electron chi connectivity index (χ1n) is 6.88. The predicted octanol–water partition coefficient (Wildman–Crippen LogP) is 1.38. The highest BCUT2D eigenvalue weighted by Crippen LogP contribution is 2.22. The van der Waals surface area contributed by atoms with Gasteiger partial charge in [-0.15, -0.1) is 0 Å². The molecule has 0 aliphatic rings. The van der Waals surface area contributed by atoms with Crippen molar-refractivity contribution in [3.63, 3.8) is 0 Å². The Morgan fingerprint density at radius 1 is 1.26 bits per heavy atom. The summed E-state index contributed by atoms with van der Waals surface area (Å²) in [5, 5.41) is 6.76. The highest BCUT2D eigenvalue weighted by molar-refractivity contribution is 5.90. The van der Waals surface area contributed by atoms with Gasteiger partial charge >= 0.3 is 12.0 Å². The normalized spacial score (nSPS) is 10.3. The van der Waals surface area contributed by atoms with Crippen LogP contribution in [-0.4, -0.2) is 42.1 Å². The highest BCUT2D eigenvalue weighted by atomic mass is 16.6. The highest BCUT2D eigenvalue weighted by Gasteiger charge is 2.11. The van der Waals surface area contributed by atoms with Crippen LogP contribution in [0.3, 0.4) is 0 Å². The SMILES string of the molecule is COCCOC(=O)c1ccc(-c2cc(NC(N)=O)n(C)n2)cc1. The van der Waals surface area contributed by atoms with Crippen LogP contribution in [0.25, 0.3) is 11.3 Å². The zero-order chi connectivity index (χ0) is 16.8. The molecule has 1 heterocycles. The second kappa shape index (κ2) is 7.41. The lowest BCUT2D eigenvalue weighted by atomic mass is 10.1. The van der Waals surface area contributed by atoms with Crippen LogP contribution in [0, 0.1) is 0 Å². The van der Waals surface area contributed by atoms with E-state index in [0.717, 1.165) is 5.56 Å². The van der Waals surface area contributed by atoms with Gasteiger partial charge in [-0.2, -0.15) is 5.10 Å². The minimum atomic E-state index is -0.659. The molecule has 0 saturated carbocycles. The number of amides is 2. The van der Waals surface area contributed by atoms with Gasteiger partial charge < -0.3 is 15.2 Å². The number of hydrogen-bond donors (Lipinski definition) is 2. The molecule has 0 radical (unpaired) electrons. The molecule has 1 aromatic heterocycles. The van der Waals surface area contributed by atoms with Gasteiger partial charge in [0.25, 0.3) is 0 Å². The smallest absolute Gasteiger partial charge is 0.338 e. The van der Waals surface area contributed by atoms with E-state index < -0.39 is 12.0 Å². The van der Waals surface area contributed by atoms with E-state index in [1.54, 1.807) is 37.4 Å². The molecule has 0 saturated heterocycles. The van der Waals surface area contributed by atoms with Crippen LogP contribution in [0.5, 0.6) is 0 Å². The maximum Gasteiger partial charge on any atom is 0.338 e. The lowest BCUT2D eigenvalue weighted by Crippen LogP contribution is -2.20. The summed E-state index contributed by atoms with van der Waals surface area (Å²) in [5.74, 6) is 0.0706. The van der Waals surface area contributed by atoms with Crippen LogP contribution >= 0.6 is 0 Å². The maximum absolute atomic E-state index is 11.8. The van der Waals surface area contributed by atoms with Gasteiger partial charge in [-0.05, 0) is 12.1 Å². The lowest BCUT2D eigenvalue weighted by molar-refractivity contribution is 0.0388. The number of esters is 1. The van der Waals surface area contributed by atoms with Crippen LogP contribution in [0.1, 0.15) is 10.4 Å². The van der Waals surface area contributed by atoms with E-state index in [2.05, 4.69) is 10.4 Å². The number of urea groups is 1. The number of ether oxygens (including phenoxy) is 2. The fourth-order valence-electron chi connectivity index (χ4n) is 1.93. The van der Waals surface area contributed by atoms with Crippen molar-refractivity contribution in [2.45, 2.75) is 0 Å². The molecule has 2 amide bonds. The quantitative estimate of drug-likeness (QED) is 0.618. The first-order chi connectivity index (χ1) is 11.0. The third-order valence-electron chi connectivity index (χ3n) is 3.07. The largest absolute Gasteiger partial charge is 0.460 e. The Morgan fingerprint density at radius 2 is 1.96 bits per heavy atom. The monoisotopic (exact) mass is 318 g/mol. The van der Waals surface area contributed by atoms with Crippen LogP contribution in [0.15, 0.2) is 30.3 Å². The Labute approximate surface area is 133 Å². The molecule has 0 aliphatic carbocycles. The Morgan fingerprint density at radius 3 is 2.57 bits per heavy atom. The number of primary amides is 1. The summed E-state index contributed by atoms with van der Waals surface area (Å²) in [6.07, 6.45) is 0. The molecule has 8 heteroatoms. The van der Waals surface area contributed by atoms with Gasteiger partial charge in [-0.25, -0.2) is 9.59 Å². The molecule has 0 bridgehead atoms. The fourth-order valence-corrected chi connectivity index (χ4v) is 1.93. The minimum absolute atomic E-state index is 0.208. The van der Waals surface area contributed by atoms with E-state index in [1.807, 2.05) is 0 Å². The number of carbonyl (C=O) groups is 2. The molecule has 8 nitrogen and oxygen atoms in total. The van der Waals surface area contributed by atoms with Crippen LogP contribution in [-0.2, 0) is 16.5 Å². The summed E-state index contributed by atoms with van der Waals surface area (Å²) in [4.78, 5) is 22.7. The van der Waals surface area contributed by atoms with Crippen molar-refractivity contribution in [1.82, 2.24) is 9.78 Å². The first-order valence-corrected chi connectivity index (χ1v) is 6.88. The second-order valence-corrected chi connectivity index (χ2v) is 4.73. The molecule has 122 valence electrons. The molecule has 0 unspecified atom stereocenters. The maximum atomic E-state index is 11.8. The number of methoxy groups -OCH3 is 1. The summed E-state index contributed by atoms with van der Waals surface area (Å²) >= 11 is 0. The summed E-state index contributed by atoms with van der Waals surface area (Å²) < 4.78 is 11.4. The Bertz CT molecular complexity index is 694. The van der Waals surface area contributed by atoms with Crippen molar-refractivity contribution in [3.05, 3.63) is 35.9 Å². The Balaban J connectivity index is 2.10. The Hall–Kier alpha value is -2.87. The molecule has 3 N–H and O–H groups in total. The number of anilines is 1. The number of aromatic nitrogens is 2. The van der Waals surface area contributed by atoms with Crippen molar-refractivity contribution in [3.8, 4) is 11.3 Å². The van der Waals surface area contributed by atoms with Gasteiger partial charge in [-0.3, -0.25) is 10.00 Å². The van der Waals surface area contributed by atoms with E-state index in [-0.39, 0.29) is 6.61 Å². The van der Waals surface area contributed by atoms with Crippen molar-refractivity contribution in [2.75, 3.05) is 25.6 Å². The molecule has 2 aromatic rings. The molecule has 0 atom stereocenters. The van der Waals surface area contributed by atoms with Crippen LogP contribution < -0.4 is 11.1 Å². The summed E-state index contributed by atoms with van der Waals surface area (Å²) in [6, 6.07) is 7.85. The van der Waals surface area contributed by atoms with Gasteiger partial charge in [0.05, 0.1) is 17.9 Å². The number of nitrogens with two attached hydrogens (primary N) is 1. The van der Waals surface area contributed by atoms with E-state index in [9.17, 15) is 9.59 Å². The topological polar surface area (TPSA) is 108 Å². The fraction of sp³-hybridized carbons (Fsp3) is 0.267. The van der Waals surface area contributed by atoms with Crippen molar-refractivity contribution in [1.29, 1.82) is 0 Å². The Kier molecular flexibility index (Phi) is 5.32. The molecule has 23 heavy (non-hydrogen) atoms. The number of benzene rings is 1. The van der Waals surface area contributed by atoms with Crippen LogP contribution in [0.4, 0.5) is 10.6 Å². The third-order valence-corrected chi connectivity index (χ3v) is 3.07. The average Bonchev–Trinajstić information content (AvgIpc) is 2.88. The summed E-state index contributed by atoms with van der Waals surface area (Å²) in [5.41, 5.74) is 6.98. The van der Waals surface area contributed by atoms with Crippen molar-refractivity contribution < 1.29 is 19.1 Å². The summed E-state index contributed by atoms with van der Waals surface area (Å²) in [7, 11) is 3.23. The number of rotatable bonds is 6. The van der Waals surface area contributed by atoms with Crippen molar-refractivity contribution in [2.24, 2.45) is 12.8 Å². The second-order valence-electron chi connectivity index (χ2n) is 4.73. The number of carbonyl (C=O) groups excluding carboxylic acids is 2. The van der Waals surface area contributed by atoms with E-state index in [1.165, 1.54) is 11.8 Å². The van der Waals surface area contributed by atoms with E-state index in [4.69, 9.17) is 15.2 Å². The lowest BCUT2D eigenvalue weighted by Gasteiger charge is -2.04. The van der Waals surface area contributed by atoms with Gasteiger partial charge in [0.1, 0.15) is 12.4 Å². The zero-order valence-electron chi connectivity index (χ0n) is 12.9. The van der Waals surface area contributed by atoms with E-state index >= 15 is 0 Å². The molecule has 0 aliphatic heterocycles. The standard InChI is InChI=1S/C15H18N4O4/c1-19-13(17-15(16)21)9-12(18-19)10-3-5-11(6-4-10)14(20)23-8-7-22-2/h3-6,9H,7-8H2,1-2H3,(H3,16,17,21). The van der Waals surface area contributed by atoms with Gasteiger partial charge in [0.2, 0.25) is 0 Å². The summed E-state index contributed by atoms with van der Waals surface area (Å²) in [6.45, 7) is 0.562. The average molecular weight is 318 g/mol. The van der Waals surface area contributed by atoms with E-state index in [0.29, 0.717) is 23.7 Å². The van der Waals surface area contributed by atoms with Gasteiger partial charge in [-0.1, -0.05) is 12.1 Å². The predicted molar refractivity (Wildman–Crippen MR) is 84.0 cm³/mol. The van der Waals surface area contributed by atoms with Crippen LogP contribution in [0.2, 0.25) is 0 Å². The molecule has 2 rings (SSSR count). The van der Waals surface area contributed by atoms with Gasteiger partial charge in [0, 0.05) is 25.8 Å². The first kappa shape index (κ1) is 16.5. The van der Waals surface area contributed by atoms with Crippen molar-refractivity contribution >= 4 is 17.8 Å². The number of nitrogens with one attached hydrogen (secondary N) is 1. The molecule has 1 aromatic carbocycles. The molecule has 0 fully saturated rings. The molecular formula is C15H18N4O4. The van der Waals surface area contributed by atoms with Gasteiger partial charge in [0.15, 0.2) is 0 Å². The number of nitrogens with zero attached hydrogens (tertiary/aromatic N) is 2. The minimum Gasteiger partial charge on any atom is -0.460 e. The number of aryl methyl sites for hydroxylation is 1. The third kappa shape index (κ3) is 4.30. The zero-order valence-corrected chi connectivity index (χ0v) is 12.9. The molecular weight excluding hydrogens is 300 g/mol.